The zero-order chi connectivity index (χ0) is 19.0. The molecule has 2 aliphatic heterocycles. The molecule has 148 valence electrons. The van der Waals surface area contributed by atoms with Crippen molar-refractivity contribution in [1.29, 1.82) is 0 Å². The van der Waals surface area contributed by atoms with Crippen LogP contribution in [0.2, 0.25) is 0 Å². The summed E-state index contributed by atoms with van der Waals surface area (Å²) in [4.78, 5) is 28.7. The Kier molecular flexibility index (Phi) is 5.17. The number of rotatable bonds is 4. The van der Waals surface area contributed by atoms with Crippen molar-refractivity contribution in [3.63, 3.8) is 0 Å². The van der Waals surface area contributed by atoms with E-state index in [0.717, 1.165) is 5.01 Å². The van der Waals surface area contributed by atoms with Crippen LogP contribution in [0.25, 0.3) is 0 Å². The largest absolute Gasteiger partial charge is 0.391 e. The summed E-state index contributed by atoms with van der Waals surface area (Å²) in [7, 11) is 1.76. The predicted molar refractivity (Wildman–Crippen MR) is 101 cm³/mol. The van der Waals surface area contributed by atoms with E-state index in [1.54, 1.807) is 11.9 Å². The van der Waals surface area contributed by atoms with E-state index in [4.69, 9.17) is 0 Å². The number of aromatic nitrogens is 2. The Labute approximate surface area is 162 Å². The summed E-state index contributed by atoms with van der Waals surface area (Å²) in [5.74, 6) is 0.566. The molecule has 1 spiro atoms. The summed E-state index contributed by atoms with van der Waals surface area (Å²) in [6, 6.07) is 0. The minimum absolute atomic E-state index is 0.0885. The molecule has 1 atom stereocenters. The molecule has 4 rings (SSSR count). The maximum absolute atomic E-state index is 12.6. The molecule has 2 saturated heterocycles. The van der Waals surface area contributed by atoms with Gasteiger partial charge in [-0.1, -0.05) is 17.8 Å². The molecule has 3 aliphatic rings. The number of nitrogens with zero attached hydrogens (tertiary/aromatic N) is 4. The summed E-state index contributed by atoms with van der Waals surface area (Å²) in [5.41, 5.74) is -0.462. The highest BCUT2D eigenvalue weighted by Gasteiger charge is 2.47. The van der Waals surface area contributed by atoms with Crippen LogP contribution >= 0.6 is 11.3 Å². The monoisotopic (exact) mass is 393 g/mol. The second-order valence-electron chi connectivity index (χ2n) is 8.22. The molecule has 0 bridgehead atoms. The molecular formula is C18H27N5O3S. The van der Waals surface area contributed by atoms with Crippen LogP contribution < -0.4 is 5.32 Å². The van der Waals surface area contributed by atoms with E-state index in [-0.39, 0.29) is 11.8 Å². The van der Waals surface area contributed by atoms with Crippen molar-refractivity contribution in [2.75, 3.05) is 38.5 Å². The molecule has 2 amide bonds. The van der Waals surface area contributed by atoms with E-state index in [1.165, 1.54) is 30.6 Å². The van der Waals surface area contributed by atoms with Gasteiger partial charge in [0.25, 0.3) is 0 Å². The Balaban J connectivity index is 1.28. The third-order valence-electron chi connectivity index (χ3n) is 6.23. The van der Waals surface area contributed by atoms with Gasteiger partial charge in [0.15, 0.2) is 0 Å². The molecule has 3 heterocycles. The van der Waals surface area contributed by atoms with Crippen LogP contribution in [0.1, 0.15) is 49.5 Å². The van der Waals surface area contributed by atoms with Crippen LogP contribution in [0.5, 0.6) is 0 Å². The first-order valence-electron chi connectivity index (χ1n) is 9.74. The molecule has 1 aliphatic carbocycles. The smallest absolute Gasteiger partial charge is 0.240 e. The Morgan fingerprint density at radius 2 is 2.07 bits per heavy atom. The number of aliphatic hydroxyl groups is 1. The van der Waals surface area contributed by atoms with Gasteiger partial charge in [0.2, 0.25) is 16.9 Å². The molecule has 9 heteroatoms. The van der Waals surface area contributed by atoms with Gasteiger partial charge in [-0.15, -0.1) is 10.2 Å². The van der Waals surface area contributed by atoms with Crippen molar-refractivity contribution in [3.8, 4) is 0 Å². The SMILES string of the molecule is CN1CC(O)CC2(CCN(CC(=O)Nc3nnc(C4CCC4)s3)CC2)C1=O. The number of amides is 2. The maximum Gasteiger partial charge on any atom is 0.240 e. The van der Waals surface area contributed by atoms with Crippen molar-refractivity contribution in [2.45, 2.75) is 50.5 Å². The number of piperidine rings is 2. The zero-order valence-electron chi connectivity index (χ0n) is 15.7. The van der Waals surface area contributed by atoms with E-state index >= 15 is 0 Å². The number of carbonyl (C=O) groups excluding carboxylic acids is 2. The maximum atomic E-state index is 12.6. The second-order valence-corrected chi connectivity index (χ2v) is 9.23. The minimum atomic E-state index is -0.462. The lowest BCUT2D eigenvalue weighted by atomic mass is 9.71. The van der Waals surface area contributed by atoms with Crippen molar-refractivity contribution in [2.24, 2.45) is 5.41 Å². The third kappa shape index (κ3) is 3.86. The Morgan fingerprint density at radius 1 is 1.33 bits per heavy atom. The number of β-amino-alcohol motifs (C(OH)–C–C–N with tert-alkyl or cyclic N) is 1. The van der Waals surface area contributed by atoms with Crippen LogP contribution in [0.3, 0.4) is 0 Å². The first-order valence-corrected chi connectivity index (χ1v) is 10.6. The highest BCUT2D eigenvalue weighted by atomic mass is 32.1. The first-order chi connectivity index (χ1) is 12.9. The van der Waals surface area contributed by atoms with Gasteiger partial charge in [0.1, 0.15) is 5.01 Å². The zero-order valence-corrected chi connectivity index (χ0v) is 16.5. The number of nitrogens with one attached hydrogen (secondary N) is 1. The summed E-state index contributed by atoms with van der Waals surface area (Å²) < 4.78 is 0. The van der Waals surface area contributed by atoms with Crippen LogP contribution in [-0.2, 0) is 9.59 Å². The Morgan fingerprint density at radius 3 is 2.74 bits per heavy atom. The van der Waals surface area contributed by atoms with Gasteiger partial charge in [-0.25, -0.2) is 0 Å². The summed E-state index contributed by atoms with van der Waals surface area (Å²) in [6.45, 7) is 2.07. The minimum Gasteiger partial charge on any atom is -0.391 e. The predicted octanol–water partition coefficient (Wildman–Crippen LogP) is 1.05. The number of hydrogen-bond donors (Lipinski definition) is 2. The number of aliphatic hydroxyl groups excluding tert-OH is 1. The number of anilines is 1. The fraction of sp³-hybridized carbons (Fsp3) is 0.778. The molecule has 0 radical (unpaired) electrons. The molecule has 1 unspecified atom stereocenters. The van der Waals surface area contributed by atoms with Gasteiger partial charge >= 0.3 is 0 Å². The van der Waals surface area contributed by atoms with Gasteiger partial charge in [-0.2, -0.15) is 0 Å². The van der Waals surface area contributed by atoms with Gasteiger partial charge in [0.05, 0.1) is 18.1 Å². The third-order valence-corrected chi connectivity index (χ3v) is 7.23. The fourth-order valence-corrected chi connectivity index (χ4v) is 5.36. The van der Waals surface area contributed by atoms with E-state index in [0.29, 0.717) is 56.5 Å². The molecular weight excluding hydrogens is 366 g/mol. The molecule has 1 saturated carbocycles. The number of likely N-dealkylation sites (tertiary alicyclic amines) is 2. The van der Waals surface area contributed by atoms with Crippen molar-refractivity contribution in [1.82, 2.24) is 20.0 Å². The summed E-state index contributed by atoms with van der Waals surface area (Å²) in [6.07, 6.45) is 5.03. The van der Waals surface area contributed by atoms with Crippen molar-refractivity contribution >= 4 is 28.3 Å². The second kappa shape index (κ2) is 7.44. The molecule has 3 fully saturated rings. The number of carbonyl (C=O) groups is 2. The lowest BCUT2D eigenvalue weighted by molar-refractivity contribution is -0.154. The topological polar surface area (TPSA) is 98.7 Å². The quantitative estimate of drug-likeness (QED) is 0.793. The molecule has 8 nitrogen and oxygen atoms in total. The molecule has 1 aromatic heterocycles. The first kappa shape index (κ1) is 18.8. The van der Waals surface area contributed by atoms with Gasteiger partial charge in [-0.3, -0.25) is 19.8 Å². The lowest BCUT2D eigenvalue weighted by Gasteiger charge is -2.46. The van der Waals surface area contributed by atoms with E-state index in [2.05, 4.69) is 20.4 Å². The number of likely N-dealkylation sites (N-methyl/N-ethyl adjacent to an activating group) is 1. The van der Waals surface area contributed by atoms with Gasteiger partial charge < -0.3 is 10.0 Å². The number of hydrogen-bond acceptors (Lipinski definition) is 7. The normalized spacial score (nSPS) is 26.2. The molecule has 1 aromatic rings. The Hall–Kier alpha value is -1.58. The molecule has 2 N–H and O–H groups in total. The van der Waals surface area contributed by atoms with Gasteiger partial charge in [-0.05, 0) is 45.2 Å². The standard InChI is InChI=1S/C18H27N5O3S/c1-22-10-13(24)9-18(16(22)26)5-7-23(8-6-18)11-14(25)19-17-21-20-15(27-17)12-3-2-4-12/h12-13,24H,2-11H2,1H3,(H,19,21,25). The average molecular weight is 394 g/mol. The van der Waals surface area contributed by atoms with Crippen LogP contribution in [-0.4, -0.2) is 76.2 Å². The van der Waals surface area contributed by atoms with Gasteiger partial charge in [0, 0.05) is 19.5 Å². The fourth-order valence-electron chi connectivity index (χ4n) is 4.43. The van der Waals surface area contributed by atoms with Crippen molar-refractivity contribution in [3.05, 3.63) is 5.01 Å². The highest BCUT2D eigenvalue weighted by Crippen LogP contribution is 2.41. The van der Waals surface area contributed by atoms with E-state index < -0.39 is 11.5 Å². The Bertz CT molecular complexity index is 712. The van der Waals surface area contributed by atoms with Crippen LogP contribution in [0.15, 0.2) is 0 Å². The highest BCUT2D eigenvalue weighted by molar-refractivity contribution is 7.15. The summed E-state index contributed by atoms with van der Waals surface area (Å²) >= 11 is 1.47. The summed E-state index contributed by atoms with van der Waals surface area (Å²) in [5, 5.41) is 22.8. The van der Waals surface area contributed by atoms with Crippen LogP contribution in [0, 0.1) is 5.41 Å². The van der Waals surface area contributed by atoms with E-state index in [9.17, 15) is 14.7 Å². The van der Waals surface area contributed by atoms with Crippen molar-refractivity contribution < 1.29 is 14.7 Å². The van der Waals surface area contributed by atoms with Crippen LogP contribution in [0.4, 0.5) is 5.13 Å². The molecule has 27 heavy (non-hydrogen) atoms. The lowest BCUT2D eigenvalue weighted by Crippen LogP contribution is -2.56. The molecule has 0 aromatic carbocycles. The average Bonchev–Trinajstić information content (AvgIpc) is 3.01. The van der Waals surface area contributed by atoms with E-state index in [1.807, 2.05) is 0 Å².